The minimum atomic E-state index is -0.267. The lowest BCUT2D eigenvalue weighted by Crippen LogP contribution is -2.49. The van der Waals surface area contributed by atoms with Crippen LogP contribution in [0.1, 0.15) is 18.0 Å². The summed E-state index contributed by atoms with van der Waals surface area (Å²) < 4.78 is 6.64. The van der Waals surface area contributed by atoms with Crippen LogP contribution in [0.5, 0.6) is 0 Å². The Kier molecular flexibility index (Phi) is 2.61. The number of piperidine rings is 1. The Hall–Kier alpha value is -1.78. The number of hydrogen-bond donors (Lipinski definition) is 0. The Labute approximate surface area is 105 Å². The molecule has 1 saturated heterocycles. The minimum Gasteiger partial charge on any atom is -0.453 e. The van der Waals surface area contributed by atoms with Crippen LogP contribution in [-0.4, -0.2) is 35.8 Å². The van der Waals surface area contributed by atoms with Gasteiger partial charge >= 0.3 is 6.09 Å². The zero-order valence-corrected chi connectivity index (χ0v) is 10.3. The van der Waals surface area contributed by atoms with E-state index in [1.165, 1.54) is 7.11 Å². The predicted molar refractivity (Wildman–Crippen MR) is 65.5 cm³/mol. The van der Waals surface area contributed by atoms with Crippen LogP contribution in [0.3, 0.4) is 0 Å². The Morgan fingerprint density at radius 1 is 1.33 bits per heavy atom. The third kappa shape index (κ3) is 1.70. The number of nitrogens with zero attached hydrogens (tertiary/aromatic N) is 2. The first-order valence-corrected chi connectivity index (χ1v) is 6.21. The summed E-state index contributed by atoms with van der Waals surface area (Å²) in [5, 5.41) is 0. The van der Waals surface area contributed by atoms with Gasteiger partial charge in [0.15, 0.2) is 0 Å². The number of carbonyl (C=O) groups excluding carboxylic acids is 1. The van der Waals surface area contributed by atoms with Crippen LogP contribution in [0.25, 0.3) is 0 Å². The van der Waals surface area contributed by atoms with E-state index in [0.717, 1.165) is 12.1 Å². The Balaban J connectivity index is 1.95. The molecule has 2 bridgehead atoms. The zero-order chi connectivity index (χ0) is 12.7. The van der Waals surface area contributed by atoms with E-state index in [9.17, 15) is 9.59 Å². The van der Waals surface area contributed by atoms with E-state index in [0.29, 0.717) is 25.6 Å². The van der Waals surface area contributed by atoms with Crippen molar-refractivity contribution in [2.75, 3.05) is 20.2 Å². The molecule has 3 heterocycles. The Morgan fingerprint density at radius 3 is 2.94 bits per heavy atom. The average Bonchev–Trinajstić information content (AvgIpc) is 2.39. The summed E-state index contributed by atoms with van der Waals surface area (Å²) in [6.07, 6.45) is 0.785. The smallest absolute Gasteiger partial charge is 0.409 e. The van der Waals surface area contributed by atoms with Crippen LogP contribution in [0, 0.1) is 5.92 Å². The number of fused-ring (bicyclic) bond motifs is 4. The van der Waals surface area contributed by atoms with Gasteiger partial charge in [-0.3, -0.25) is 4.79 Å². The van der Waals surface area contributed by atoms with Crippen LogP contribution in [0.4, 0.5) is 4.79 Å². The second-order valence-electron chi connectivity index (χ2n) is 5.07. The van der Waals surface area contributed by atoms with Crippen LogP contribution < -0.4 is 5.56 Å². The van der Waals surface area contributed by atoms with Gasteiger partial charge in [0.25, 0.3) is 5.56 Å². The summed E-state index contributed by atoms with van der Waals surface area (Å²) in [5.74, 6) is 0.612. The van der Waals surface area contributed by atoms with Crippen molar-refractivity contribution in [3.8, 4) is 0 Å². The molecule has 0 N–H and O–H groups in total. The molecule has 2 aliphatic heterocycles. The van der Waals surface area contributed by atoms with Crippen molar-refractivity contribution in [1.29, 1.82) is 0 Å². The summed E-state index contributed by atoms with van der Waals surface area (Å²) in [6.45, 7) is 2.04. The SMILES string of the molecule is COC(=O)N1C[C@@H]2C[C@@H](C1)c1cccc(=O)n1C2. The number of pyridine rings is 1. The van der Waals surface area contributed by atoms with Gasteiger partial charge < -0.3 is 14.2 Å². The van der Waals surface area contributed by atoms with Gasteiger partial charge in [0.05, 0.1) is 7.11 Å². The van der Waals surface area contributed by atoms with E-state index >= 15 is 0 Å². The number of carbonyl (C=O) groups is 1. The Morgan fingerprint density at radius 2 is 2.17 bits per heavy atom. The second-order valence-corrected chi connectivity index (χ2v) is 5.07. The zero-order valence-electron chi connectivity index (χ0n) is 10.3. The molecule has 1 amide bonds. The summed E-state index contributed by atoms with van der Waals surface area (Å²) in [5.41, 5.74) is 1.11. The van der Waals surface area contributed by atoms with Crippen molar-refractivity contribution in [2.24, 2.45) is 5.92 Å². The molecule has 1 fully saturated rings. The molecule has 0 unspecified atom stereocenters. The molecule has 2 aliphatic rings. The fraction of sp³-hybridized carbons (Fsp3) is 0.538. The topological polar surface area (TPSA) is 51.5 Å². The maximum Gasteiger partial charge on any atom is 0.409 e. The van der Waals surface area contributed by atoms with Gasteiger partial charge in [-0.2, -0.15) is 0 Å². The van der Waals surface area contributed by atoms with E-state index in [1.54, 1.807) is 17.0 Å². The summed E-state index contributed by atoms with van der Waals surface area (Å²) in [6, 6.07) is 5.39. The van der Waals surface area contributed by atoms with Gasteiger partial charge in [-0.05, 0) is 18.4 Å². The van der Waals surface area contributed by atoms with E-state index in [4.69, 9.17) is 4.74 Å². The van der Waals surface area contributed by atoms with Gasteiger partial charge in [0.2, 0.25) is 0 Å². The summed E-state index contributed by atoms with van der Waals surface area (Å²) in [4.78, 5) is 25.2. The molecule has 18 heavy (non-hydrogen) atoms. The summed E-state index contributed by atoms with van der Waals surface area (Å²) >= 11 is 0. The lowest BCUT2D eigenvalue weighted by molar-refractivity contribution is 0.0830. The molecule has 2 atom stereocenters. The number of amides is 1. The standard InChI is InChI=1S/C13H16N2O3/c1-18-13(17)14-6-9-5-10(8-14)11-3-2-4-12(16)15(11)7-9/h2-4,9-10H,5-8H2,1H3/t9-,10-/m0/s1. The molecule has 5 heteroatoms. The fourth-order valence-corrected chi connectivity index (χ4v) is 3.17. The van der Waals surface area contributed by atoms with Crippen molar-refractivity contribution in [1.82, 2.24) is 9.47 Å². The lowest BCUT2D eigenvalue weighted by atomic mass is 9.83. The number of methoxy groups -OCH3 is 1. The molecule has 0 saturated carbocycles. The molecule has 1 aromatic rings. The molecule has 0 aliphatic carbocycles. The number of likely N-dealkylation sites (tertiary alicyclic amines) is 1. The molecule has 0 aromatic carbocycles. The van der Waals surface area contributed by atoms with Crippen molar-refractivity contribution in [2.45, 2.75) is 18.9 Å². The highest BCUT2D eigenvalue weighted by molar-refractivity contribution is 5.67. The number of aromatic nitrogens is 1. The number of ether oxygens (including phenoxy) is 1. The highest BCUT2D eigenvalue weighted by Gasteiger charge is 2.36. The monoisotopic (exact) mass is 248 g/mol. The first-order chi connectivity index (χ1) is 8.69. The molecule has 5 nitrogen and oxygen atoms in total. The predicted octanol–water partition coefficient (Wildman–Crippen LogP) is 1.03. The van der Waals surface area contributed by atoms with Gasteiger partial charge in [-0.25, -0.2) is 4.79 Å². The van der Waals surface area contributed by atoms with Crippen LogP contribution in [-0.2, 0) is 11.3 Å². The highest BCUT2D eigenvalue weighted by atomic mass is 16.5. The van der Waals surface area contributed by atoms with E-state index in [1.807, 2.05) is 10.6 Å². The van der Waals surface area contributed by atoms with Gasteiger partial charge in [0.1, 0.15) is 0 Å². The molecular weight excluding hydrogens is 232 g/mol. The van der Waals surface area contributed by atoms with Crippen LogP contribution >= 0.6 is 0 Å². The quantitative estimate of drug-likeness (QED) is 0.689. The second kappa shape index (κ2) is 4.15. The first kappa shape index (κ1) is 11.3. The molecule has 1 aromatic heterocycles. The van der Waals surface area contributed by atoms with Crippen molar-refractivity contribution in [3.63, 3.8) is 0 Å². The Bertz CT molecular complexity index is 537. The minimum absolute atomic E-state index is 0.0636. The van der Waals surface area contributed by atoms with Crippen molar-refractivity contribution < 1.29 is 9.53 Å². The van der Waals surface area contributed by atoms with E-state index in [2.05, 4.69) is 0 Å². The van der Waals surface area contributed by atoms with Crippen LogP contribution in [0.15, 0.2) is 23.0 Å². The largest absolute Gasteiger partial charge is 0.453 e. The molecule has 96 valence electrons. The van der Waals surface area contributed by atoms with E-state index in [-0.39, 0.29) is 17.6 Å². The summed E-state index contributed by atoms with van der Waals surface area (Å²) in [7, 11) is 1.41. The number of rotatable bonds is 0. The maximum absolute atomic E-state index is 11.8. The molecule has 3 rings (SSSR count). The third-order valence-electron chi connectivity index (χ3n) is 3.91. The van der Waals surface area contributed by atoms with Gasteiger partial charge in [-0.1, -0.05) is 6.07 Å². The van der Waals surface area contributed by atoms with Gasteiger partial charge in [-0.15, -0.1) is 0 Å². The third-order valence-corrected chi connectivity index (χ3v) is 3.91. The van der Waals surface area contributed by atoms with E-state index < -0.39 is 0 Å². The maximum atomic E-state index is 11.8. The fourth-order valence-electron chi connectivity index (χ4n) is 3.17. The lowest BCUT2D eigenvalue weighted by Gasteiger charge is -2.42. The van der Waals surface area contributed by atoms with Crippen molar-refractivity contribution in [3.05, 3.63) is 34.2 Å². The first-order valence-electron chi connectivity index (χ1n) is 6.21. The number of hydrogen-bond acceptors (Lipinski definition) is 3. The average molecular weight is 248 g/mol. The van der Waals surface area contributed by atoms with Crippen molar-refractivity contribution >= 4 is 6.09 Å². The van der Waals surface area contributed by atoms with Gasteiger partial charge in [0, 0.05) is 37.3 Å². The highest BCUT2D eigenvalue weighted by Crippen LogP contribution is 2.34. The van der Waals surface area contributed by atoms with Crippen LogP contribution in [0.2, 0.25) is 0 Å². The normalized spacial score (nSPS) is 25.5. The molecule has 0 spiro atoms. The molecular formula is C13H16N2O3. The molecule has 0 radical (unpaired) electrons.